The van der Waals surface area contributed by atoms with Crippen LogP contribution < -0.4 is 4.74 Å². The molecule has 77 valence electrons. The maximum atomic E-state index is 6.04. The van der Waals surface area contributed by atoms with Crippen LogP contribution in [0.5, 0.6) is 5.75 Å². The van der Waals surface area contributed by atoms with E-state index in [4.69, 9.17) is 16.3 Å². The maximum Gasteiger partial charge on any atom is 0.152 e. The summed E-state index contributed by atoms with van der Waals surface area (Å²) >= 11 is 11.1. The third-order valence-corrected chi connectivity index (χ3v) is 4.62. The predicted molar refractivity (Wildman–Crippen MR) is 65.0 cm³/mol. The van der Waals surface area contributed by atoms with Crippen molar-refractivity contribution in [3.05, 3.63) is 20.7 Å². The minimum Gasteiger partial charge on any atom is -0.491 e. The van der Waals surface area contributed by atoms with Gasteiger partial charge >= 0.3 is 0 Å². The van der Waals surface area contributed by atoms with Gasteiger partial charge in [-0.2, -0.15) is 0 Å². The normalized spacial score (nSPS) is 15.1. The Morgan fingerprint density at radius 1 is 1.53 bits per heavy atom. The second-order valence-corrected chi connectivity index (χ2v) is 6.05. The molecule has 3 rings (SSSR count). The maximum absolute atomic E-state index is 6.04. The molecule has 0 unspecified atom stereocenters. The van der Waals surface area contributed by atoms with Gasteiger partial charge in [0.2, 0.25) is 0 Å². The van der Waals surface area contributed by atoms with E-state index in [0.29, 0.717) is 5.15 Å². The molecular weight excluding hydrogens is 298 g/mol. The Morgan fingerprint density at radius 2 is 2.40 bits per heavy atom. The molecule has 2 nitrogen and oxygen atoms in total. The Labute approximate surface area is 104 Å². The molecule has 0 amide bonds. The van der Waals surface area contributed by atoms with Gasteiger partial charge in [0.15, 0.2) is 5.75 Å². The van der Waals surface area contributed by atoms with Crippen LogP contribution in [0.3, 0.4) is 0 Å². The second kappa shape index (κ2) is 3.61. The van der Waals surface area contributed by atoms with Crippen molar-refractivity contribution < 1.29 is 4.74 Å². The zero-order chi connectivity index (χ0) is 10.4. The van der Waals surface area contributed by atoms with E-state index < -0.39 is 0 Å². The average molecular weight is 304 g/mol. The first-order valence-corrected chi connectivity index (χ1v) is 6.57. The van der Waals surface area contributed by atoms with E-state index in [1.165, 1.54) is 0 Å². The van der Waals surface area contributed by atoms with Crippen molar-refractivity contribution in [2.45, 2.75) is 12.8 Å². The third-order valence-electron chi connectivity index (χ3n) is 2.42. The molecule has 0 spiro atoms. The molecule has 3 heterocycles. The van der Waals surface area contributed by atoms with Crippen molar-refractivity contribution >= 4 is 49.0 Å². The molecule has 0 saturated heterocycles. The molecule has 15 heavy (non-hydrogen) atoms. The zero-order valence-corrected chi connectivity index (χ0v) is 10.8. The van der Waals surface area contributed by atoms with E-state index in [9.17, 15) is 0 Å². The lowest BCUT2D eigenvalue weighted by molar-refractivity contribution is 0.319. The topological polar surface area (TPSA) is 22.1 Å². The molecule has 0 aromatic carbocycles. The summed E-state index contributed by atoms with van der Waals surface area (Å²) in [6.45, 7) is 0.741. The smallest absolute Gasteiger partial charge is 0.152 e. The van der Waals surface area contributed by atoms with Gasteiger partial charge in [0, 0.05) is 5.39 Å². The van der Waals surface area contributed by atoms with E-state index >= 15 is 0 Å². The Balaban J connectivity index is 2.45. The zero-order valence-electron chi connectivity index (χ0n) is 7.64. The highest BCUT2D eigenvalue weighted by Gasteiger charge is 2.20. The summed E-state index contributed by atoms with van der Waals surface area (Å²) in [6, 6.07) is 0. The van der Waals surface area contributed by atoms with Crippen LogP contribution in [0.4, 0.5) is 0 Å². The van der Waals surface area contributed by atoms with Crippen molar-refractivity contribution in [3.63, 3.8) is 0 Å². The molecule has 0 atom stereocenters. The summed E-state index contributed by atoms with van der Waals surface area (Å²) in [6.07, 6.45) is 4.95. The van der Waals surface area contributed by atoms with Crippen LogP contribution in [0.2, 0.25) is 5.15 Å². The highest BCUT2D eigenvalue weighted by Crippen LogP contribution is 2.46. The van der Waals surface area contributed by atoms with Crippen LogP contribution >= 0.6 is 38.9 Å². The van der Waals surface area contributed by atoms with Crippen molar-refractivity contribution in [1.29, 1.82) is 0 Å². The molecule has 0 N–H and O–H groups in total. The Morgan fingerprint density at radius 3 is 3.27 bits per heavy atom. The summed E-state index contributed by atoms with van der Waals surface area (Å²) in [5.41, 5.74) is 1.11. The van der Waals surface area contributed by atoms with Crippen LogP contribution in [-0.4, -0.2) is 11.6 Å². The monoisotopic (exact) mass is 302 g/mol. The van der Waals surface area contributed by atoms with Gasteiger partial charge in [0.1, 0.15) is 8.94 Å². The lowest BCUT2D eigenvalue weighted by Gasteiger charge is -2.00. The fourth-order valence-electron chi connectivity index (χ4n) is 1.76. The van der Waals surface area contributed by atoms with Gasteiger partial charge in [-0.3, -0.25) is 0 Å². The molecule has 0 aliphatic carbocycles. The Bertz CT molecular complexity index is 540. The molecule has 1 radical (unpaired) electrons. The summed E-state index contributed by atoms with van der Waals surface area (Å²) in [5, 5.41) is 1.60. The van der Waals surface area contributed by atoms with Crippen molar-refractivity contribution in [3.8, 4) is 5.75 Å². The number of hydrogen-bond acceptors (Lipinski definition) is 3. The van der Waals surface area contributed by atoms with E-state index in [1.54, 1.807) is 11.3 Å². The van der Waals surface area contributed by atoms with Gasteiger partial charge in [-0.1, -0.05) is 11.6 Å². The van der Waals surface area contributed by atoms with Crippen molar-refractivity contribution in [2.24, 2.45) is 0 Å². The molecular formula is C10H6BrClNOS. The number of thiophene rings is 1. The number of halogens is 2. The number of rotatable bonds is 0. The fourth-order valence-corrected chi connectivity index (χ4v) is 3.70. The first kappa shape index (κ1) is 9.87. The van der Waals surface area contributed by atoms with Crippen LogP contribution in [0, 0.1) is 6.20 Å². The van der Waals surface area contributed by atoms with E-state index in [2.05, 4.69) is 27.1 Å². The molecule has 2 aromatic heterocycles. The molecule has 5 heteroatoms. The number of ether oxygens (including phenoxy) is 1. The Hall–Kier alpha value is -0.320. The van der Waals surface area contributed by atoms with Gasteiger partial charge < -0.3 is 4.74 Å². The largest absolute Gasteiger partial charge is 0.491 e. The molecule has 0 saturated carbocycles. The highest BCUT2D eigenvalue weighted by molar-refractivity contribution is 9.11. The van der Waals surface area contributed by atoms with Crippen molar-refractivity contribution in [2.75, 3.05) is 6.61 Å². The van der Waals surface area contributed by atoms with Crippen LogP contribution in [-0.2, 0) is 6.42 Å². The Kier molecular flexibility index (Phi) is 2.38. The molecule has 1 aliphatic heterocycles. The van der Waals surface area contributed by atoms with Gasteiger partial charge in [0.25, 0.3) is 0 Å². The summed E-state index contributed by atoms with van der Waals surface area (Å²) in [5.74, 6) is 0.906. The molecule has 0 bridgehead atoms. The van der Waals surface area contributed by atoms with E-state index in [-0.39, 0.29) is 0 Å². The number of hydrogen-bond donors (Lipinski definition) is 0. The summed E-state index contributed by atoms with van der Waals surface area (Å²) in [4.78, 5) is 4.08. The van der Waals surface area contributed by atoms with E-state index in [0.717, 1.165) is 44.6 Å². The minimum atomic E-state index is 0.510. The van der Waals surface area contributed by atoms with Crippen LogP contribution in [0.25, 0.3) is 10.1 Å². The molecule has 0 fully saturated rings. The van der Waals surface area contributed by atoms with Gasteiger partial charge in [0.05, 0.1) is 17.5 Å². The highest BCUT2D eigenvalue weighted by atomic mass is 79.9. The van der Waals surface area contributed by atoms with E-state index in [1.807, 2.05) is 0 Å². The van der Waals surface area contributed by atoms with Crippen LogP contribution in [0.15, 0.2) is 3.79 Å². The summed E-state index contributed by atoms with van der Waals surface area (Å²) < 4.78 is 7.69. The van der Waals surface area contributed by atoms with Crippen LogP contribution in [0.1, 0.15) is 12.0 Å². The average Bonchev–Trinajstić information content (AvgIpc) is 2.45. The molecule has 2 aromatic rings. The number of nitrogens with zero attached hydrogens (tertiary/aromatic N) is 1. The lowest BCUT2D eigenvalue weighted by atomic mass is 10.1. The fraction of sp³-hybridized carbons (Fsp3) is 0.300. The summed E-state index contributed by atoms with van der Waals surface area (Å²) in [7, 11) is 0. The number of aryl methyl sites for hydroxylation is 1. The van der Waals surface area contributed by atoms with Gasteiger partial charge in [-0.05, 0) is 34.3 Å². The minimum absolute atomic E-state index is 0.510. The quantitative estimate of drug-likeness (QED) is 0.690. The molecule has 1 aliphatic rings. The third kappa shape index (κ3) is 1.47. The number of aromatic nitrogens is 1. The van der Waals surface area contributed by atoms with Crippen molar-refractivity contribution in [1.82, 2.24) is 4.98 Å². The predicted octanol–water partition coefficient (Wildman–Crippen LogP) is 3.84. The number of pyridine rings is 1. The first-order valence-electron chi connectivity index (χ1n) is 4.58. The first-order chi connectivity index (χ1) is 7.27. The standard InChI is InChI=1S/C10H6BrClNOS/c11-9-7-6-5(2-1-3-14-7)4-13-10(12)8(6)15-9/h1-3H2. The SMILES string of the molecule is Clc1n[c]c2c3c(c(Br)sc13)OCCC2. The second-order valence-electron chi connectivity index (χ2n) is 3.35. The van der Waals surface area contributed by atoms with Gasteiger partial charge in [-0.25, -0.2) is 4.98 Å². The van der Waals surface area contributed by atoms with Gasteiger partial charge in [-0.15, -0.1) is 11.3 Å². The lowest BCUT2D eigenvalue weighted by Crippen LogP contribution is -1.94.